The predicted octanol–water partition coefficient (Wildman–Crippen LogP) is 3.89. The third kappa shape index (κ3) is 4.65. The van der Waals surface area contributed by atoms with Gasteiger partial charge in [0.2, 0.25) is 0 Å². The lowest BCUT2D eigenvalue weighted by Gasteiger charge is -2.30. The fourth-order valence-electron chi connectivity index (χ4n) is 3.45. The average Bonchev–Trinajstić information content (AvgIpc) is 3.20. The van der Waals surface area contributed by atoms with Crippen LogP contribution in [0.3, 0.4) is 0 Å². The minimum atomic E-state index is -1.15. The molecule has 1 aromatic heterocycles. The van der Waals surface area contributed by atoms with Crippen LogP contribution in [-0.4, -0.2) is 36.1 Å². The topological polar surface area (TPSA) is 84.7 Å². The highest BCUT2D eigenvalue weighted by atomic mass is 19.1. The van der Waals surface area contributed by atoms with Crippen molar-refractivity contribution in [1.82, 2.24) is 4.98 Å². The molecule has 31 heavy (non-hydrogen) atoms. The minimum absolute atomic E-state index is 0.306. The van der Waals surface area contributed by atoms with Crippen LogP contribution >= 0.6 is 0 Å². The molecular formula is C22H21F2N3O4. The number of anilines is 2. The Kier molecular flexibility index (Phi) is 5.83. The molecule has 0 spiro atoms. The SMILES string of the molecule is CC(OC(=O)C1CCN(c2nc3ccccc3o2)CC1)C(=O)Nc1cc(F)ccc1F. The van der Waals surface area contributed by atoms with E-state index in [2.05, 4.69) is 10.3 Å². The summed E-state index contributed by atoms with van der Waals surface area (Å²) in [4.78, 5) is 31.1. The van der Waals surface area contributed by atoms with E-state index in [0.29, 0.717) is 37.5 Å². The van der Waals surface area contributed by atoms with Crippen molar-refractivity contribution < 1.29 is 27.5 Å². The number of para-hydroxylation sites is 2. The van der Waals surface area contributed by atoms with Gasteiger partial charge < -0.3 is 19.4 Å². The molecule has 9 heteroatoms. The van der Waals surface area contributed by atoms with Crippen LogP contribution in [0.2, 0.25) is 0 Å². The molecule has 1 aliphatic heterocycles. The van der Waals surface area contributed by atoms with Crippen molar-refractivity contribution in [2.75, 3.05) is 23.3 Å². The van der Waals surface area contributed by atoms with E-state index in [9.17, 15) is 18.4 Å². The number of ether oxygens (including phenoxy) is 1. The van der Waals surface area contributed by atoms with Crippen molar-refractivity contribution >= 4 is 34.7 Å². The Balaban J connectivity index is 1.30. The number of carbonyl (C=O) groups is 2. The Labute approximate surface area is 177 Å². The summed E-state index contributed by atoms with van der Waals surface area (Å²) in [5, 5.41) is 2.24. The molecule has 3 aromatic rings. The van der Waals surface area contributed by atoms with Gasteiger partial charge in [0, 0.05) is 19.2 Å². The molecule has 1 N–H and O–H groups in total. The summed E-state index contributed by atoms with van der Waals surface area (Å²) < 4.78 is 38.0. The lowest BCUT2D eigenvalue weighted by molar-refractivity contribution is -0.158. The van der Waals surface area contributed by atoms with Crippen LogP contribution in [-0.2, 0) is 14.3 Å². The zero-order valence-corrected chi connectivity index (χ0v) is 16.8. The molecular weight excluding hydrogens is 408 g/mol. The van der Waals surface area contributed by atoms with Crippen LogP contribution in [0.1, 0.15) is 19.8 Å². The number of hydrogen-bond donors (Lipinski definition) is 1. The molecule has 1 amide bonds. The van der Waals surface area contributed by atoms with Crippen molar-refractivity contribution in [3.8, 4) is 0 Å². The van der Waals surface area contributed by atoms with Crippen molar-refractivity contribution in [3.63, 3.8) is 0 Å². The van der Waals surface area contributed by atoms with Gasteiger partial charge in [0.25, 0.3) is 11.9 Å². The standard InChI is InChI=1S/C22H21F2N3O4/c1-13(20(28)25-18-12-15(23)6-7-16(18)24)30-21(29)14-8-10-27(11-9-14)22-26-17-4-2-3-5-19(17)31-22/h2-7,12-14H,8-11H2,1H3,(H,25,28). The molecule has 0 aliphatic carbocycles. The Bertz CT molecular complexity index is 1080. The van der Waals surface area contributed by atoms with Crippen LogP contribution in [0, 0.1) is 17.6 Å². The highest BCUT2D eigenvalue weighted by molar-refractivity contribution is 5.95. The van der Waals surface area contributed by atoms with Gasteiger partial charge in [-0.15, -0.1) is 0 Å². The average molecular weight is 429 g/mol. The van der Waals surface area contributed by atoms with Gasteiger partial charge in [-0.05, 0) is 44.0 Å². The molecule has 162 valence electrons. The van der Waals surface area contributed by atoms with E-state index >= 15 is 0 Å². The zero-order chi connectivity index (χ0) is 22.0. The third-order valence-electron chi connectivity index (χ3n) is 5.23. The fraction of sp³-hybridized carbons (Fsp3) is 0.318. The van der Waals surface area contributed by atoms with Gasteiger partial charge in [-0.2, -0.15) is 4.98 Å². The highest BCUT2D eigenvalue weighted by Crippen LogP contribution is 2.27. The first-order valence-electron chi connectivity index (χ1n) is 9.97. The maximum atomic E-state index is 13.7. The van der Waals surface area contributed by atoms with Crippen LogP contribution in [0.15, 0.2) is 46.9 Å². The van der Waals surface area contributed by atoms with Gasteiger partial charge in [0.05, 0.1) is 11.6 Å². The molecule has 2 heterocycles. The summed E-state index contributed by atoms with van der Waals surface area (Å²) in [6, 6.07) is 10.7. The maximum Gasteiger partial charge on any atom is 0.309 e. The smallest absolute Gasteiger partial charge is 0.309 e. The number of rotatable bonds is 5. The third-order valence-corrected chi connectivity index (χ3v) is 5.23. The van der Waals surface area contributed by atoms with Crippen LogP contribution < -0.4 is 10.2 Å². The Morgan fingerprint density at radius 3 is 2.68 bits per heavy atom. The first-order valence-corrected chi connectivity index (χ1v) is 9.97. The molecule has 4 rings (SSSR count). The number of esters is 1. The van der Waals surface area contributed by atoms with Gasteiger partial charge >= 0.3 is 5.97 Å². The molecule has 7 nitrogen and oxygen atoms in total. The van der Waals surface area contributed by atoms with E-state index in [0.717, 1.165) is 23.7 Å². The molecule has 1 atom stereocenters. The van der Waals surface area contributed by atoms with Gasteiger partial charge in [-0.1, -0.05) is 12.1 Å². The molecule has 0 radical (unpaired) electrons. The number of fused-ring (bicyclic) bond motifs is 1. The summed E-state index contributed by atoms with van der Waals surface area (Å²) >= 11 is 0. The van der Waals surface area contributed by atoms with Gasteiger partial charge in [-0.25, -0.2) is 8.78 Å². The normalized spacial score (nSPS) is 15.6. The number of halogens is 2. The van der Waals surface area contributed by atoms with E-state index in [4.69, 9.17) is 9.15 Å². The summed E-state index contributed by atoms with van der Waals surface area (Å²) in [7, 11) is 0. The first kappa shape index (κ1) is 20.8. The predicted molar refractivity (Wildman–Crippen MR) is 109 cm³/mol. The highest BCUT2D eigenvalue weighted by Gasteiger charge is 2.30. The number of aromatic nitrogens is 1. The van der Waals surface area contributed by atoms with Gasteiger partial charge in [0.15, 0.2) is 11.7 Å². The lowest BCUT2D eigenvalue weighted by Crippen LogP contribution is -2.39. The van der Waals surface area contributed by atoms with E-state index in [1.165, 1.54) is 6.92 Å². The summed E-state index contributed by atoms with van der Waals surface area (Å²) in [6.45, 7) is 2.50. The quantitative estimate of drug-likeness (QED) is 0.620. The number of benzene rings is 2. The van der Waals surface area contributed by atoms with E-state index < -0.39 is 29.6 Å². The second kappa shape index (κ2) is 8.71. The Hall–Kier alpha value is -3.49. The van der Waals surface area contributed by atoms with Crippen molar-refractivity contribution in [2.24, 2.45) is 5.92 Å². The van der Waals surface area contributed by atoms with Crippen molar-refractivity contribution in [3.05, 3.63) is 54.1 Å². The van der Waals surface area contributed by atoms with Crippen molar-refractivity contribution in [1.29, 1.82) is 0 Å². The number of carbonyl (C=O) groups excluding carboxylic acids is 2. The molecule has 1 unspecified atom stereocenters. The van der Waals surface area contributed by atoms with Crippen LogP contribution in [0.5, 0.6) is 0 Å². The molecule has 1 aliphatic rings. The van der Waals surface area contributed by atoms with E-state index in [1.807, 2.05) is 29.2 Å². The molecule has 2 aromatic carbocycles. The number of amides is 1. The summed E-state index contributed by atoms with van der Waals surface area (Å²) in [5.41, 5.74) is 1.17. The number of hydrogen-bond acceptors (Lipinski definition) is 6. The largest absolute Gasteiger partial charge is 0.452 e. The minimum Gasteiger partial charge on any atom is -0.452 e. The summed E-state index contributed by atoms with van der Waals surface area (Å²) in [6.07, 6.45) is -0.111. The molecule has 0 saturated carbocycles. The number of nitrogens with zero attached hydrogens (tertiary/aromatic N) is 2. The van der Waals surface area contributed by atoms with Crippen LogP contribution in [0.25, 0.3) is 11.1 Å². The summed E-state index contributed by atoms with van der Waals surface area (Å²) in [5.74, 6) is -3.07. The fourth-order valence-corrected chi connectivity index (χ4v) is 3.45. The second-order valence-electron chi connectivity index (χ2n) is 7.42. The molecule has 1 fully saturated rings. The van der Waals surface area contributed by atoms with E-state index in [-0.39, 0.29) is 11.6 Å². The number of oxazole rings is 1. The molecule has 1 saturated heterocycles. The van der Waals surface area contributed by atoms with Gasteiger partial charge in [-0.3, -0.25) is 9.59 Å². The molecule has 0 bridgehead atoms. The second-order valence-corrected chi connectivity index (χ2v) is 7.42. The Morgan fingerprint density at radius 1 is 1.19 bits per heavy atom. The number of nitrogens with one attached hydrogen (secondary N) is 1. The number of piperidine rings is 1. The van der Waals surface area contributed by atoms with Crippen molar-refractivity contribution in [2.45, 2.75) is 25.9 Å². The maximum absolute atomic E-state index is 13.7. The monoisotopic (exact) mass is 429 g/mol. The van der Waals surface area contributed by atoms with Gasteiger partial charge in [0.1, 0.15) is 17.2 Å². The van der Waals surface area contributed by atoms with E-state index in [1.54, 1.807) is 0 Å². The lowest BCUT2D eigenvalue weighted by atomic mass is 9.97. The zero-order valence-electron chi connectivity index (χ0n) is 16.8. The Morgan fingerprint density at radius 2 is 1.94 bits per heavy atom. The van der Waals surface area contributed by atoms with Crippen LogP contribution in [0.4, 0.5) is 20.5 Å². The first-order chi connectivity index (χ1) is 14.9.